The van der Waals surface area contributed by atoms with Gasteiger partial charge in [0.05, 0.1) is 7.11 Å². The van der Waals surface area contributed by atoms with Crippen LogP contribution in [0.25, 0.3) is 0 Å². The number of carbonyl (C=O) groups is 2. The molecule has 0 radical (unpaired) electrons. The SMILES string of the molecule is COC(=O)NC1CC(C(=O)N2C[C@@H]3C(c4ccc(C)c(OC(F)(F)F)c4)[C@@H]3C2)C1. The molecule has 0 spiro atoms. The summed E-state index contributed by atoms with van der Waals surface area (Å²) < 4.78 is 46.4. The lowest BCUT2D eigenvalue weighted by molar-refractivity contribution is -0.274. The van der Waals surface area contributed by atoms with E-state index in [-0.39, 0.29) is 41.4 Å². The van der Waals surface area contributed by atoms with Gasteiger partial charge in [-0.15, -0.1) is 13.2 Å². The van der Waals surface area contributed by atoms with Crippen LogP contribution in [0, 0.1) is 24.7 Å². The Bertz CT molecular complexity index is 810. The number of benzene rings is 1. The molecule has 1 unspecified atom stereocenters. The average Bonchev–Trinajstić information content (AvgIpc) is 3.10. The molecule has 29 heavy (non-hydrogen) atoms. The van der Waals surface area contributed by atoms with E-state index < -0.39 is 12.5 Å². The zero-order chi connectivity index (χ0) is 20.9. The number of likely N-dealkylation sites (tertiary alicyclic amines) is 1. The van der Waals surface area contributed by atoms with Gasteiger partial charge in [-0.1, -0.05) is 12.1 Å². The van der Waals surface area contributed by atoms with Gasteiger partial charge in [0.25, 0.3) is 0 Å². The summed E-state index contributed by atoms with van der Waals surface area (Å²) in [6.45, 7) is 2.84. The second-order valence-electron chi connectivity index (χ2n) is 8.17. The van der Waals surface area contributed by atoms with Crippen molar-refractivity contribution in [1.29, 1.82) is 0 Å². The van der Waals surface area contributed by atoms with E-state index in [1.54, 1.807) is 13.0 Å². The maximum atomic E-state index is 12.6. The molecular formula is C20H23F3N2O4. The molecule has 3 atom stereocenters. The zero-order valence-electron chi connectivity index (χ0n) is 16.2. The fraction of sp³-hybridized carbons (Fsp3) is 0.600. The van der Waals surface area contributed by atoms with Gasteiger partial charge in [-0.2, -0.15) is 0 Å². The van der Waals surface area contributed by atoms with Gasteiger partial charge in [0, 0.05) is 25.0 Å². The normalized spacial score (nSPS) is 30.2. The van der Waals surface area contributed by atoms with Gasteiger partial charge in [0.1, 0.15) is 5.75 Å². The molecule has 1 N–H and O–H groups in total. The van der Waals surface area contributed by atoms with Crippen LogP contribution in [0.15, 0.2) is 18.2 Å². The van der Waals surface area contributed by atoms with E-state index >= 15 is 0 Å². The maximum Gasteiger partial charge on any atom is 0.573 e. The number of ether oxygens (including phenoxy) is 2. The molecule has 1 aromatic rings. The topological polar surface area (TPSA) is 67.9 Å². The summed E-state index contributed by atoms with van der Waals surface area (Å²) in [6, 6.07) is 4.95. The van der Waals surface area contributed by atoms with Crippen molar-refractivity contribution in [1.82, 2.24) is 10.2 Å². The monoisotopic (exact) mass is 412 g/mol. The fourth-order valence-electron chi connectivity index (χ4n) is 4.68. The summed E-state index contributed by atoms with van der Waals surface area (Å²) in [7, 11) is 1.30. The number of alkyl carbamates (subject to hydrolysis) is 1. The first-order chi connectivity index (χ1) is 13.7. The summed E-state index contributed by atoms with van der Waals surface area (Å²) in [5.74, 6) is 0.592. The highest BCUT2D eigenvalue weighted by molar-refractivity contribution is 5.81. The number of fused-ring (bicyclic) bond motifs is 1. The van der Waals surface area contributed by atoms with E-state index in [0.29, 0.717) is 31.5 Å². The van der Waals surface area contributed by atoms with Crippen LogP contribution in [0.2, 0.25) is 0 Å². The minimum atomic E-state index is -4.71. The molecule has 1 aliphatic heterocycles. The van der Waals surface area contributed by atoms with Crippen LogP contribution in [0.4, 0.5) is 18.0 Å². The molecule has 0 bridgehead atoms. The van der Waals surface area contributed by atoms with Crippen molar-refractivity contribution in [2.45, 2.75) is 38.1 Å². The number of halogens is 3. The van der Waals surface area contributed by atoms with E-state index in [1.807, 2.05) is 11.0 Å². The van der Waals surface area contributed by atoms with Crippen LogP contribution in [0.5, 0.6) is 5.75 Å². The Hall–Kier alpha value is -2.45. The van der Waals surface area contributed by atoms with Gasteiger partial charge < -0.3 is 19.7 Å². The van der Waals surface area contributed by atoms with Gasteiger partial charge >= 0.3 is 12.5 Å². The van der Waals surface area contributed by atoms with Gasteiger partial charge in [-0.3, -0.25) is 4.79 Å². The second-order valence-corrected chi connectivity index (χ2v) is 8.17. The minimum Gasteiger partial charge on any atom is -0.453 e. The number of aryl methyl sites for hydroxylation is 1. The molecule has 1 saturated heterocycles. The van der Waals surface area contributed by atoms with Gasteiger partial charge in [0.2, 0.25) is 5.91 Å². The highest BCUT2D eigenvalue weighted by atomic mass is 19.4. The number of hydrogen-bond donors (Lipinski definition) is 1. The Morgan fingerprint density at radius 1 is 1.17 bits per heavy atom. The van der Waals surface area contributed by atoms with Crippen LogP contribution in [-0.2, 0) is 9.53 Å². The number of rotatable bonds is 4. The highest BCUT2D eigenvalue weighted by Gasteiger charge is 2.58. The third-order valence-corrected chi connectivity index (χ3v) is 6.32. The first-order valence-corrected chi connectivity index (χ1v) is 9.66. The van der Waals surface area contributed by atoms with E-state index in [9.17, 15) is 22.8 Å². The lowest BCUT2D eigenvalue weighted by Gasteiger charge is -2.37. The Morgan fingerprint density at radius 2 is 1.83 bits per heavy atom. The molecule has 2 aliphatic carbocycles. The van der Waals surface area contributed by atoms with Gasteiger partial charge in [0.15, 0.2) is 0 Å². The van der Waals surface area contributed by atoms with E-state index in [1.165, 1.54) is 13.2 Å². The first-order valence-electron chi connectivity index (χ1n) is 9.66. The molecule has 4 rings (SSSR count). The van der Waals surface area contributed by atoms with Crippen molar-refractivity contribution in [2.75, 3.05) is 20.2 Å². The third kappa shape index (κ3) is 4.00. The maximum absolute atomic E-state index is 12.6. The predicted octanol–water partition coefficient (Wildman–Crippen LogP) is 3.20. The Kier molecular flexibility index (Phi) is 4.86. The highest BCUT2D eigenvalue weighted by Crippen LogP contribution is 2.59. The zero-order valence-corrected chi connectivity index (χ0v) is 16.2. The molecule has 2 amide bonds. The van der Waals surface area contributed by atoms with Crippen LogP contribution in [0.1, 0.15) is 29.9 Å². The lowest BCUT2D eigenvalue weighted by atomic mass is 9.79. The standard InChI is InChI=1S/C20H23F3N2O4/c1-10-3-4-11(7-16(10)29-20(21,22)23)17-14-8-25(9-15(14)17)18(26)12-5-13(6-12)24-19(27)28-2/h3-4,7,12-15,17H,5-6,8-9H2,1-2H3,(H,24,27)/t12?,13?,14-,15+,17?. The quantitative estimate of drug-likeness (QED) is 0.825. The lowest BCUT2D eigenvalue weighted by Crippen LogP contribution is -2.50. The summed E-state index contributed by atoms with van der Waals surface area (Å²) in [4.78, 5) is 25.7. The Balaban J connectivity index is 1.30. The van der Waals surface area contributed by atoms with Crippen molar-refractivity contribution in [3.05, 3.63) is 29.3 Å². The molecule has 6 nitrogen and oxygen atoms in total. The Labute approximate surface area is 166 Å². The average molecular weight is 412 g/mol. The summed E-state index contributed by atoms with van der Waals surface area (Å²) in [5.41, 5.74) is 1.27. The second kappa shape index (κ2) is 7.11. The minimum absolute atomic E-state index is 0.0269. The largest absolute Gasteiger partial charge is 0.573 e. The van der Waals surface area contributed by atoms with Crippen molar-refractivity contribution in [3.63, 3.8) is 0 Å². The molecule has 1 aromatic carbocycles. The van der Waals surface area contributed by atoms with Gasteiger partial charge in [-0.25, -0.2) is 4.79 Å². The molecule has 9 heteroatoms. The number of piperidine rings is 1. The van der Waals surface area contributed by atoms with Crippen LogP contribution in [0.3, 0.4) is 0 Å². The molecule has 1 heterocycles. The molecular weight excluding hydrogens is 389 g/mol. The van der Waals surface area contributed by atoms with E-state index in [2.05, 4.69) is 14.8 Å². The number of methoxy groups -OCH3 is 1. The summed E-state index contributed by atoms with van der Waals surface area (Å²) in [6.07, 6.45) is -3.98. The molecule has 3 fully saturated rings. The van der Waals surface area contributed by atoms with Crippen LogP contribution < -0.4 is 10.1 Å². The number of hydrogen-bond acceptors (Lipinski definition) is 4. The van der Waals surface area contributed by atoms with Crippen molar-refractivity contribution in [3.8, 4) is 5.75 Å². The third-order valence-electron chi connectivity index (χ3n) is 6.32. The Morgan fingerprint density at radius 3 is 2.41 bits per heavy atom. The first kappa shape index (κ1) is 19.8. The smallest absolute Gasteiger partial charge is 0.453 e. The number of nitrogens with one attached hydrogen (secondary N) is 1. The molecule has 0 aromatic heterocycles. The molecule has 158 valence electrons. The number of nitrogens with zero attached hydrogens (tertiary/aromatic N) is 1. The van der Waals surface area contributed by atoms with Gasteiger partial charge in [-0.05, 0) is 54.7 Å². The number of alkyl halides is 3. The number of amides is 2. The summed E-state index contributed by atoms with van der Waals surface area (Å²) in [5, 5.41) is 2.69. The van der Waals surface area contributed by atoms with Crippen molar-refractivity contribution in [2.24, 2.45) is 17.8 Å². The van der Waals surface area contributed by atoms with Crippen LogP contribution in [-0.4, -0.2) is 49.5 Å². The molecule has 2 saturated carbocycles. The van der Waals surface area contributed by atoms with Crippen molar-refractivity contribution >= 4 is 12.0 Å². The molecule has 3 aliphatic rings. The predicted molar refractivity (Wildman–Crippen MR) is 96.2 cm³/mol. The summed E-state index contributed by atoms with van der Waals surface area (Å²) >= 11 is 0. The van der Waals surface area contributed by atoms with E-state index in [4.69, 9.17) is 0 Å². The number of carbonyl (C=O) groups excluding carboxylic acids is 2. The fourth-order valence-corrected chi connectivity index (χ4v) is 4.68. The van der Waals surface area contributed by atoms with Crippen LogP contribution >= 0.6 is 0 Å². The van der Waals surface area contributed by atoms with Crippen molar-refractivity contribution < 1.29 is 32.2 Å². The van der Waals surface area contributed by atoms with E-state index in [0.717, 1.165) is 5.56 Å².